The molecule has 4 aromatic rings. The highest BCUT2D eigenvalue weighted by Gasteiger charge is 2.31. The van der Waals surface area contributed by atoms with Crippen LogP contribution in [0.25, 0.3) is 0 Å². The van der Waals surface area contributed by atoms with E-state index >= 15 is 0 Å². The number of anilines is 1. The van der Waals surface area contributed by atoms with Gasteiger partial charge in [-0.05, 0) is 68.7 Å². The predicted molar refractivity (Wildman–Crippen MR) is 141 cm³/mol. The van der Waals surface area contributed by atoms with Crippen molar-refractivity contribution in [1.29, 1.82) is 0 Å². The van der Waals surface area contributed by atoms with E-state index < -0.39 is 30.3 Å². The van der Waals surface area contributed by atoms with Gasteiger partial charge in [-0.1, -0.05) is 11.3 Å². The van der Waals surface area contributed by atoms with Crippen LogP contribution in [0, 0.1) is 12.7 Å². The Morgan fingerprint density at radius 1 is 1.00 bits per heavy atom. The smallest absolute Gasteiger partial charge is 0.406 e. The Morgan fingerprint density at radius 3 is 2.57 bits per heavy atom. The fourth-order valence-electron chi connectivity index (χ4n) is 3.85. The molecule has 0 aliphatic heterocycles. The number of pyridine rings is 1. The van der Waals surface area contributed by atoms with Crippen molar-refractivity contribution in [3.8, 4) is 5.75 Å². The van der Waals surface area contributed by atoms with E-state index in [0.29, 0.717) is 18.7 Å². The molecule has 0 saturated carbocycles. The third-order valence-electron chi connectivity index (χ3n) is 5.81. The number of nitrogens with zero attached hydrogens (tertiary/aromatic N) is 6. The molecule has 15 heteroatoms. The van der Waals surface area contributed by atoms with Crippen molar-refractivity contribution < 1.29 is 31.9 Å². The number of amides is 2. The first-order chi connectivity index (χ1) is 20.0. The van der Waals surface area contributed by atoms with Gasteiger partial charge in [-0.25, -0.2) is 4.39 Å². The minimum atomic E-state index is -4.94. The van der Waals surface area contributed by atoms with Crippen molar-refractivity contribution in [2.45, 2.75) is 52.1 Å². The van der Waals surface area contributed by atoms with Gasteiger partial charge in [0, 0.05) is 17.8 Å². The van der Waals surface area contributed by atoms with Crippen LogP contribution in [-0.2, 0) is 30.7 Å². The van der Waals surface area contributed by atoms with Crippen molar-refractivity contribution >= 4 is 17.6 Å². The quantitative estimate of drug-likeness (QED) is 0.188. The molecule has 3 aromatic heterocycles. The third kappa shape index (κ3) is 9.31. The molecule has 4 rings (SSSR count). The number of carbonyl (C=O) groups excluding carboxylic acids is 2. The summed E-state index contributed by atoms with van der Waals surface area (Å²) < 4.78 is 56.5. The number of rotatable bonds is 12. The zero-order chi connectivity index (χ0) is 30.1. The third-order valence-corrected chi connectivity index (χ3v) is 5.81. The van der Waals surface area contributed by atoms with E-state index in [2.05, 4.69) is 40.9 Å². The van der Waals surface area contributed by atoms with E-state index in [1.807, 2.05) is 25.1 Å². The predicted octanol–water partition coefficient (Wildman–Crippen LogP) is 3.94. The van der Waals surface area contributed by atoms with E-state index in [1.165, 1.54) is 6.07 Å². The molecule has 0 fully saturated rings. The number of unbranched alkanes of at least 4 members (excludes halogenated alkanes) is 1. The molecule has 0 spiro atoms. The molecule has 0 unspecified atom stereocenters. The van der Waals surface area contributed by atoms with E-state index in [4.69, 9.17) is 0 Å². The minimum Gasteiger partial charge on any atom is -0.406 e. The Bertz CT molecular complexity index is 1530. The standard InChI is InChI=1S/C27H26F4N8O3/c1-17-5-4-7-20(33-17)15-32-26(41)23-16-39(38-36-23)12-3-2-6-19-8-11-24(37-35-19)34-25(40)14-18-13-21(9-10-22(18)28)42-27(29,30)31/h4-5,7-11,13,16H,2-3,6,12,14-15H2,1H3,(H,32,41)(H,34,37,40). The number of nitrogens with one attached hydrogen (secondary N) is 2. The number of hydrogen-bond donors (Lipinski definition) is 2. The summed E-state index contributed by atoms with van der Waals surface area (Å²) in [4.78, 5) is 28.9. The summed E-state index contributed by atoms with van der Waals surface area (Å²) in [7, 11) is 0. The van der Waals surface area contributed by atoms with Crippen molar-refractivity contribution in [3.63, 3.8) is 0 Å². The summed E-state index contributed by atoms with van der Waals surface area (Å²) in [6, 6.07) is 11.2. The van der Waals surface area contributed by atoms with E-state index in [0.717, 1.165) is 42.4 Å². The van der Waals surface area contributed by atoms with Gasteiger partial charge in [0.15, 0.2) is 11.5 Å². The Labute approximate surface area is 237 Å². The number of ether oxygens (including phenoxy) is 1. The van der Waals surface area contributed by atoms with Gasteiger partial charge in [-0.15, -0.1) is 23.4 Å². The molecule has 0 atom stereocenters. The van der Waals surface area contributed by atoms with Gasteiger partial charge < -0.3 is 15.4 Å². The van der Waals surface area contributed by atoms with Gasteiger partial charge in [0.25, 0.3) is 5.91 Å². The van der Waals surface area contributed by atoms with E-state index in [9.17, 15) is 27.2 Å². The fourth-order valence-corrected chi connectivity index (χ4v) is 3.85. The molecule has 2 amide bonds. The number of carbonyl (C=O) groups is 2. The van der Waals surface area contributed by atoms with Crippen LogP contribution in [0.15, 0.2) is 54.7 Å². The highest BCUT2D eigenvalue weighted by Crippen LogP contribution is 2.25. The summed E-state index contributed by atoms with van der Waals surface area (Å²) in [6.45, 7) is 2.69. The van der Waals surface area contributed by atoms with Gasteiger partial charge in [0.05, 0.1) is 30.6 Å². The second kappa shape index (κ2) is 13.6. The number of halogens is 4. The maximum absolute atomic E-state index is 14.0. The normalized spacial score (nSPS) is 11.3. The fraction of sp³-hybridized carbons (Fsp3) is 0.296. The molecule has 3 heterocycles. The SMILES string of the molecule is Cc1cccc(CNC(=O)c2cn(CCCCc3ccc(NC(=O)Cc4cc(OC(F)(F)F)ccc4F)nn3)nn2)n1. The summed E-state index contributed by atoms with van der Waals surface area (Å²) in [5.74, 6) is -2.40. The number of alkyl halides is 3. The minimum absolute atomic E-state index is 0.110. The molecule has 2 N–H and O–H groups in total. The van der Waals surface area contributed by atoms with Gasteiger partial charge >= 0.3 is 6.36 Å². The number of hydrogen-bond acceptors (Lipinski definition) is 8. The number of aryl methyl sites for hydroxylation is 3. The maximum atomic E-state index is 14.0. The van der Waals surface area contributed by atoms with Crippen LogP contribution >= 0.6 is 0 Å². The van der Waals surface area contributed by atoms with Gasteiger partial charge in [-0.2, -0.15) is 5.10 Å². The lowest BCUT2D eigenvalue weighted by molar-refractivity contribution is -0.274. The molecule has 0 aliphatic carbocycles. The summed E-state index contributed by atoms with van der Waals surface area (Å²) in [5, 5.41) is 21.1. The van der Waals surface area contributed by atoms with Crippen LogP contribution in [0.3, 0.4) is 0 Å². The van der Waals surface area contributed by atoms with Crippen molar-refractivity contribution in [1.82, 2.24) is 35.5 Å². The molecular weight excluding hydrogens is 560 g/mol. The molecule has 0 radical (unpaired) electrons. The monoisotopic (exact) mass is 586 g/mol. The van der Waals surface area contributed by atoms with E-state index in [1.54, 1.807) is 16.9 Å². The van der Waals surface area contributed by atoms with Crippen LogP contribution in [0.4, 0.5) is 23.4 Å². The van der Waals surface area contributed by atoms with Crippen LogP contribution in [0.5, 0.6) is 5.75 Å². The van der Waals surface area contributed by atoms with E-state index in [-0.39, 0.29) is 29.5 Å². The second-order valence-electron chi connectivity index (χ2n) is 9.21. The molecular formula is C27H26F4N8O3. The Balaban J connectivity index is 1.18. The molecule has 11 nitrogen and oxygen atoms in total. The van der Waals surface area contributed by atoms with Gasteiger partial charge in [0.1, 0.15) is 11.6 Å². The average molecular weight is 587 g/mol. The Morgan fingerprint density at radius 2 is 1.83 bits per heavy atom. The van der Waals surface area contributed by atoms with Gasteiger partial charge in [0.2, 0.25) is 5.91 Å². The average Bonchev–Trinajstić information content (AvgIpc) is 3.41. The zero-order valence-electron chi connectivity index (χ0n) is 22.4. The highest BCUT2D eigenvalue weighted by molar-refractivity contribution is 5.92. The first-order valence-electron chi connectivity index (χ1n) is 12.8. The molecule has 0 saturated heterocycles. The summed E-state index contributed by atoms with van der Waals surface area (Å²) in [5.41, 5.74) is 2.21. The largest absolute Gasteiger partial charge is 0.573 e. The second-order valence-corrected chi connectivity index (χ2v) is 9.21. The lowest BCUT2D eigenvalue weighted by Crippen LogP contribution is -2.23. The molecule has 42 heavy (non-hydrogen) atoms. The lowest BCUT2D eigenvalue weighted by Gasteiger charge is -2.11. The van der Waals surface area contributed by atoms with Crippen LogP contribution in [0.2, 0.25) is 0 Å². The molecule has 220 valence electrons. The number of benzene rings is 1. The van der Waals surface area contributed by atoms with Crippen molar-refractivity contribution in [2.24, 2.45) is 0 Å². The zero-order valence-corrected chi connectivity index (χ0v) is 22.4. The first-order valence-corrected chi connectivity index (χ1v) is 12.8. The van der Waals surface area contributed by atoms with Crippen LogP contribution < -0.4 is 15.4 Å². The molecule has 1 aromatic carbocycles. The Kier molecular flexibility index (Phi) is 9.73. The lowest BCUT2D eigenvalue weighted by atomic mass is 10.1. The summed E-state index contributed by atoms with van der Waals surface area (Å²) >= 11 is 0. The van der Waals surface area contributed by atoms with Gasteiger partial charge in [-0.3, -0.25) is 19.3 Å². The molecule has 0 bridgehead atoms. The molecule has 0 aliphatic rings. The maximum Gasteiger partial charge on any atom is 0.573 e. The Hall–Kier alpha value is -4.95. The highest BCUT2D eigenvalue weighted by atomic mass is 19.4. The summed E-state index contributed by atoms with van der Waals surface area (Å²) in [6.07, 6.45) is -1.85. The van der Waals surface area contributed by atoms with Crippen molar-refractivity contribution in [3.05, 3.63) is 88.9 Å². The number of aromatic nitrogens is 6. The van der Waals surface area contributed by atoms with Crippen LogP contribution in [0.1, 0.15) is 46.0 Å². The topological polar surface area (TPSA) is 137 Å². The first kappa shape index (κ1) is 30.0. The van der Waals surface area contributed by atoms with Crippen LogP contribution in [-0.4, -0.2) is 48.4 Å². The van der Waals surface area contributed by atoms with Crippen molar-refractivity contribution in [2.75, 3.05) is 5.32 Å².